The van der Waals surface area contributed by atoms with Gasteiger partial charge in [-0.1, -0.05) is 41.9 Å². The molecule has 2 aromatic rings. The summed E-state index contributed by atoms with van der Waals surface area (Å²) in [7, 11) is 0. The number of hydrogen-bond donors (Lipinski definition) is 1. The highest BCUT2D eigenvalue weighted by Gasteiger charge is 2.44. The Kier molecular flexibility index (Phi) is 3.93. The molecule has 4 heteroatoms. The molecule has 0 bridgehead atoms. The number of amides is 1. The zero-order valence-corrected chi connectivity index (χ0v) is 12.1. The summed E-state index contributed by atoms with van der Waals surface area (Å²) < 4.78 is 13.7. The van der Waals surface area contributed by atoms with Crippen molar-refractivity contribution in [3.05, 3.63) is 70.5 Å². The van der Waals surface area contributed by atoms with Crippen molar-refractivity contribution in [1.82, 2.24) is 5.32 Å². The minimum atomic E-state index is -0.226. The molecule has 108 valence electrons. The van der Waals surface area contributed by atoms with Crippen LogP contribution in [0.25, 0.3) is 0 Å². The van der Waals surface area contributed by atoms with Gasteiger partial charge in [0.1, 0.15) is 5.82 Å². The van der Waals surface area contributed by atoms with Crippen molar-refractivity contribution in [2.75, 3.05) is 0 Å². The van der Waals surface area contributed by atoms with Gasteiger partial charge in [-0.3, -0.25) is 4.79 Å². The van der Waals surface area contributed by atoms with Crippen molar-refractivity contribution in [3.63, 3.8) is 0 Å². The van der Waals surface area contributed by atoms with Crippen LogP contribution in [0.5, 0.6) is 0 Å². The molecule has 0 saturated heterocycles. The highest BCUT2D eigenvalue weighted by Crippen LogP contribution is 2.48. The standard InChI is InChI=1S/C17H15ClFNO/c18-12-7-5-11(6-8-12)10-20-17(21)15-9-14(15)13-3-1-2-4-16(13)19/h1-8,14-15H,9-10H2,(H,20,21). The van der Waals surface area contributed by atoms with E-state index in [9.17, 15) is 9.18 Å². The van der Waals surface area contributed by atoms with Gasteiger partial charge in [-0.2, -0.15) is 0 Å². The summed E-state index contributed by atoms with van der Waals surface area (Å²) >= 11 is 5.81. The van der Waals surface area contributed by atoms with Crippen LogP contribution in [0.1, 0.15) is 23.5 Å². The number of rotatable bonds is 4. The maximum absolute atomic E-state index is 13.7. The van der Waals surface area contributed by atoms with E-state index >= 15 is 0 Å². The molecule has 1 aliphatic rings. The first-order chi connectivity index (χ1) is 10.1. The van der Waals surface area contributed by atoms with Gasteiger partial charge in [-0.15, -0.1) is 0 Å². The summed E-state index contributed by atoms with van der Waals surface area (Å²) in [6, 6.07) is 14.0. The number of carbonyl (C=O) groups excluding carboxylic acids is 1. The smallest absolute Gasteiger partial charge is 0.224 e. The Hall–Kier alpha value is -1.87. The molecule has 1 amide bonds. The Morgan fingerprint density at radius 1 is 1.19 bits per heavy atom. The van der Waals surface area contributed by atoms with E-state index in [0.29, 0.717) is 23.6 Å². The molecule has 1 fully saturated rings. The molecule has 2 atom stereocenters. The van der Waals surface area contributed by atoms with Crippen LogP contribution in [0.15, 0.2) is 48.5 Å². The lowest BCUT2D eigenvalue weighted by molar-refractivity contribution is -0.122. The Bertz CT molecular complexity index is 656. The Morgan fingerprint density at radius 3 is 2.62 bits per heavy atom. The molecule has 3 rings (SSSR count). The van der Waals surface area contributed by atoms with Gasteiger partial charge < -0.3 is 5.32 Å². The number of benzene rings is 2. The van der Waals surface area contributed by atoms with Gasteiger partial charge in [0.2, 0.25) is 5.91 Å². The van der Waals surface area contributed by atoms with Crippen molar-refractivity contribution in [1.29, 1.82) is 0 Å². The summed E-state index contributed by atoms with van der Waals surface area (Å²) in [6.07, 6.45) is 0.716. The van der Waals surface area contributed by atoms with Crippen molar-refractivity contribution in [2.24, 2.45) is 5.92 Å². The zero-order valence-electron chi connectivity index (χ0n) is 11.4. The highest BCUT2D eigenvalue weighted by molar-refractivity contribution is 6.30. The predicted molar refractivity (Wildman–Crippen MR) is 80.5 cm³/mol. The van der Waals surface area contributed by atoms with Crippen molar-refractivity contribution < 1.29 is 9.18 Å². The summed E-state index contributed by atoms with van der Waals surface area (Å²) in [5.41, 5.74) is 1.64. The van der Waals surface area contributed by atoms with Crippen LogP contribution in [0.4, 0.5) is 4.39 Å². The van der Waals surface area contributed by atoms with E-state index in [-0.39, 0.29) is 23.6 Å². The fourth-order valence-corrected chi connectivity index (χ4v) is 2.65. The van der Waals surface area contributed by atoms with Crippen molar-refractivity contribution in [3.8, 4) is 0 Å². The molecule has 0 aliphatic heterocycles. The Balaban J connectivity index is 1.56. The van der Waals surface area contributed by atoms with Crippen LogP contribution in [0.2, 0.25) is 5.02 Å². The second-order valence-corrected chi connectivity index (χ2v) is 5.75. The molecule has 0 spiro atoms. The van der Waals surface area contributed by atoms with Gasteiger partial charge in [-0.25, -0.2) is 4.39 Å². The molecule has 0 aromatic heterocycles. The van der Waals surface area contributed by atoms with Crippen molar-refractivity contribution in [2.45, 2.75) is 18.9 Å². The fourth-order valence-electron chi connectivity index (χ4n) is 2.53. The SMILES string of the molecule is O=C(NCc1ccc(Cl)cc1)C1CC1c1ccccc1F. The second kappa shape index (κ2) is 5.86. The number of hydrogen-bond acceptors (Lipinski definition) is 1. The van der Waals surface area contributed by atoms with E-state index in [0.717, 1.165) is 5.56 Å². The van der Waals surface area contributed by atoms with Crippen LogP contribution >= 0.6 is 11.6 Å². The molecule has 2 nitrogen and oxygen atoms in total. The quantitative estimate of drug-likeness (QED) is 0.912. The third kappa shape index (κ3) is 3.24. The molecule has 21 heavy (non-hydrogen) atoms. The van der Waals surface area contributed by atoms with Gasteiger partial charge in [0.25, 0.3) is 0 Å². The summed E-state index contributed by atoms with van der Waals surface area (Å²) in [5.74, 6) is -0.348. The minimum absolute atomic E-state index is 0.0106. The predicted octanol–water partition coefficient (Wildman–Crippen LogP) is 3.90. The van der Waals surface area contributed by atoms with Crippen LogP contribution in [0.3, 0.4) is 0 Å². The van der Waals surface area contributed by atoms with Crippen LogP contribution in [-0.4, -0.2) is 5.91 Å². The second-order valence-electron chi connectivity index (χ2n) is 5.31. The maximum Gasteiger partial charge on any atom is 0.224 e. The first kappa shape index (κ1) is 14.1. The fraction of sp³-hybridized carbons (Fsp3) is 0.235. The molecule has 2 unspecified atom stereocenters. The van der Waals surface area contributed by atoms with Crippen molar-refractivity contribution >= 4 is 17.5 Å². The molecule has 1 N–H and O–H groups in total. The normalized spacial score (nSPS) is 20.1. The van der Waals surface area contributed by atoms with Crippen LogP contribution < -0.4 is 5.32 Å². The van der Waals surface area contributed by atoms with E-state index in [1.54, 1.807) is 30.3 Å². The minimum Gasteiger partial charge on any atom is -0.352 e. The first-order valence-corrected chi connectivity index (χ1v) is 7.29. The zero-order chi connectivity index (χ0) is 14.8. The maximum atomic E-state index is 13.7. The Labute approximate surface area is 127 Å². The van der Waals surface area contributed by atoms with Crippen LogP contribution in [0, 0.1) is 11.7 Å². The van der Waals surface area contributed by atoms with E-state index in [4.69, 9.17) is 11.6 Å². The molecule has 0 heterocycles. The molecule has 0 radical (unpaired) electrons. The van der Waals surface area contributed by atoms with Gasteiger partial charge in [0.05, 0.1) is 0 Å². The molecular weight excluding hydrogens is 289 g/mol. The molecule has 2 aromatic carbocycles. The third-order valence-corrected chi connectivity index (χ3v) is 4.06. The molecule has 1 saturated carbocycles. The monoisotopic (exact) mass is 303 g/mol. The van der Waals surface area contributed by atoms with Gasteiger partial charge in [0.15, 0.2) is 0 Å². The van der Waals surface area contributed by atoms with E-state index in [1.807, 2.05) is 12.1 Å². The lowest BCUT2D eigenvalue weighted by atomic mass is 10.1. The molecular formula is C17H15ClFNO. The summed E-state index contributed by atoms with van der Waals surface area (Å²) in [6.45, 7) is 0.469. The number of nitrogens with one attached hydrogen (secondary N) is 1. The average Bonchev–Trinajstić information content (AvgIpc) is 3.27. The lowest BCUT2D eigenvalue weighted by Gasteiger charge is -2.06. The first-order valence-electron chi connectivity index (χ1n) is 6.92. The Morgan fingerprint density at radius 2 is 1.90 bits per heavy atom. The van der Waals surface area contributed by atoms with E-state index < -0.39 is 0 Å². The summed E-state index contributed by atoms with van der Waals surface area (Å²) in [4.78, 5) is 12.1. The van der Waals surface area contributed by atoms with Gasteiger partial charge >= 0.3 is 0 Å². The van der Waals surface area contributed by atoms with Crippen LogP contribution in [-0.2, 0) is 11.3 Å². The third-order valence-electron chi connectivity index (χ3n) is 3.81. The lowest BCUT2D eigenvalue weighted by Crippen LogP contribution is -2.24. The van der Waals surface area contributed by atoms with E-state index in [2.05, 4.69) is 5.32 Å². The largest absolute Gasteiger partial charge is 0.352 e. The highest BCUT2D eigenvalue weighted by atomic mass is 35.5. The average molecular weight is 304 g/mol. The summed E-state index contributed by atoms with van der Waals surface area (Å²) in [5, 5.41) is 3.57. The number of carbonyl (C=O) groups is 1. The molecule has 1 aliphatic carbocycles. The topological polar surface area (TPSA) is 29.1 Å². The number of halogens is 2. The van der Waals surface area contributed by atoms with Gasteiger partial charge in [-0.05, 0) is 41.7 Å². The van der Waals surface area contributed by atoms with E-state index in [1.165, 1.54) is 6.07 Å². The van der Waals surface area contributed by atoms with Gasteiger partial charge in [0, 0.05) is 17.5 Å².